The molecule has 0 saturated carbocycles. The second-order valence-corrected chi connectivity index (χ2v) is 1.88. The number of nitrogens with zero attached hydrogens (tertiary/aromatic N) is 1. The Morgan fingerprint density at radius 2 is 2.29 bits per heavy atom. The summed E-state index contributed by atoms with van der Waals surface area (Å²) in [6.07, 6.45) is 1.96. The molecule has 0 aromatic rings. The van der Waals surface area contributed by atoms with E-state index in [1.807, 2.05) is 17.1 Å². The summed E-state index contributed by atoms with van der Waals surface area (Å²) in [6.45, 7) is 1.97. The topological polar surface area (TPSA) is 12.4 Å². The van der Waals surface area contributed by atoms with Gasteiger partial charge in [-0.15, -0.1) is 0 Å². The summed E-state index contributed by atoms with van der Waals surface area (Å²) in [6, 6.07) is 0. The highest BCUT2D eigenvalue weighted by molar-refractivity contribution is 14.1. The molecule has 40 valence electrons. The number of allylic oxidation sites excluding steroid dienone is 1. The third-order valence-electron chi connectivity index (χ3n) is 0.657. The predicted octanol–water partition coefficient (Wildman–Crippen LogP) is 2.03. The summed E-state index contributed by atoms with van der Waals surface area (Å²) in [4.78, 5) is 3.90. The van der Waals surface area contributed by atoms with Crippen molar-refractivity contribution in [2.75, 3.05) is 7.05 Å². The summed E-state index contributed by atoms with van der Waals surface area (Å²) in [5.41, 5.74) is 1.06. The molecule has 0 aliphatic heterocycles. The van der Waals surface area contributed by atoms with Crippen LogP contribution in [0.15, 0.2) is 15.2 Å². The number of hydrogen-bond donors (Lipinski definition) is 0. The van der Waals surface area contributed by atoms with Gasteiger partial charge in [-0.3, -0.25) is 4.99 Å². The van der Waals surface area contributed by atoms with E-state index in [9.17, 15) is 0 Å². The van der Waals surface area contributed by atoms with Gasteiger partial charge in [-0.2, -0.15) is 0 Å². The van der Waals surface area contributed by atoms with Crippen LogP contribution in [0.2, 0.25) is 0 Å². The van der Waals surface area contributed by atoms with Gasteiger partial charge in [0.2, 0.25) is 0 Å². The van der Waals surface area contributed by atoms with Gasteiger partial charge in [0.1, 0.15) is 0 Å². The number of aliphatic imine (C=N–C) groups is 1. The van der Waals surface area contributed by atoms with Crippen LogP contribution >= 0.6 is 22.6 Å². The molecule has 0 bridgehead atoms. The Bertz CT molecular complexity index is 94.3. The summed E-state index contributed by atoms with van der Waals surface area (Å²) < 4.78 is 1.94. The molecular weight excluding hydrogens is 201 g/mol. The number of hydrogen-bond acceptors (Lipinski definition) is 1. The zero-order valence-corrected chi connectivity index (χ0v) is 6.64. The van der Waals surface area contributed by atoms with Gasteiger partial charge in [-0.1, -0.05) is 22.6 Å². The standard InChI is InChI=1S/C5H8IN/c1-5(7-2)3-4-6/h3-4H,1-2H3/b4-3-,7-5?. The van der Waals surface area contributed by atoms with Crippen molar-refractivity contribution >= 4 is 28.3 Å². The van der Waals surface area contributed by atoms with Gasteiger partial charge < -0.3 is 0 Å². The van der Waals surface area contributed by atoms with E-state index >= 15 is 0 Å². The Labute approximate surface area is 57.7 Å². The average molecular weight is 209 g/mol. The van der Waals surface area contributed by atoms with Crippen LogP contribution in [0, 0.1) is 0 Å². The summed E-state index contributed by atoms with van der Waals surface area (Å²) >= 11 is 2.16. The predicted molar refractivity (Wildman–Crippen MR) is 42.2 cm³/mol. The molecule has 0 aromatic heterocycles. The van der Waals surface area contributed by atoms with Crippen LogP contribution < -0.4 is 0 Å². The minimum atomic E-state index is 1.06. The van der Waals surface area contributed by atoms with E-state index in [1.54, 1.807) is 7.05 Å². The molecule has 0 amide bonds. The first-order chi connectivity index (χ1) is 3.31. The maximum Gasteiger partial charge on any atom is 0.0318 e. The molecule has 0 N–H and O–H groups in total. The molecule has 2 heteroatoms. The Balaban J connectivity index is 3.58. The molecule has 1 nitrogen and oxygen atoms in total. The van der Waals surface area contributed by atoms with E-state index in [0.717, 1.165) is 5.71 Å². The smallest absolute Gasteiger partial charge is 0.0318 e. The molecule has 0 unspecified atom stereocenters. The van der Waals surface area contributed by atoms with Gasteiger partial charge >= 0.3 is 0 Å². The second-order valence-electron chi connectivity index (χ2n) is 1.16. The fraction of sp³-hybridized carbons (Fsp3) is 0.400. The van der Waals surface area contributed by atoms with Gasteiger partial charge in [-0.25, -0.2) is 0 Å². The van der Waals surface area contributed by atoms with Crippen molar-refractivity contribution < 1.29 is 0 Å². The van der Waals surface area contributed by atoms with E-state index in [1.165, 1.54) is 0 Å². The first-order valence-electron chi connectivity index (χ1n) is 2.01. The largest absolute Gasteiger partial charge is 0.293 e. The Kier molecular flexibility index (Phi) is 4.39. The van der Waals surface area contributed by atoms with E-state index in [2.05, 4.69) is 27.6 Å². The molecule has 0 heterocycles. The zero-order chi connectivity index (χ0) is 5.70. The van der Waals surface area contributed by atoms with Crippen LogP contribution in [0.3, 0.4) is 0 Å². The van der Waals surface area contributed by atoms with Crippen LogP contribution in [-0.2, 0) is 0 Å². The third kappa shape index (κ3) is 3.98. The number of halogens is 1. The molecule has 0 radical (unpaired) electrons. The average Bonchev–Trinajstić information content (AvgIpc) is 1.68. The fourth-order valence-corrected chi connectivity index (χ4v) is 0.686. The lowest BCUT2D eigenvalue weighted by atomic mass is 10.4. The first kappa shape index (κ1) is 7.14. The van der Waals surface area contributed by atoms with Crippen LogP contribution in [-0.4, -0.2) is 12.8 Å². The molecule has 0 atom stereocenters. The molecule has 0 aliphatic rings. The highest BCUT2D eigenvalue weighted by Gasteiger charge is 1.72. The second kappa shape index (κ2) is 4.30. The van der Waals surface area contributed by atoms with E-state index in [4.69, 9.17) is 0 Å². The monoisotopic (exact) mass is 209 g/mol. The van der Waals surface area contributed by atoms with Gasteiger partial charge in [0.15, 0.2) is 0 Å². The lowest BCUT2D eigenvalue weighted by molar-refractivity contribution is 1.43. The van der Waals surface area contributed by atoms with Crippen molar-refractivity contribution in [3.63, 3.8) is 0 Å². The van der Waals surface area contributed by atoms with Crippen molar-refractivity contribution in [3.8, 4) is 0 Å². The van der Waals surface area contributed by atoms with E-state index < -0.39 is 0 Å². The Morgan fingerprint density at radius 1 is 1.71 bits per heavy atom. The highest BCUT2D eigenvalue weighted by Crippen LogP contribution is 1.85. The summed E-state index contributed by atoms with van der Waals surface area (Å²) in [5.74, 6) is 0. The molecule has 7 heavy (non-hydrogen) atoms. The molecule has 0 aliphatic carbocycles. The van der Waals surface area contributed by atoms with E-state index in [0.29, 0.717) is 0 Å². The third-order valence-corrected chi connectivity index (χ3v) is 1.02. The van der Waals surface area contributed by atoms with Crippen molar-refractivity contribution in [3.05, 3.63) is 10.2 Å². The zero-order valence-electron chi connectivity index (χ0n) is 4.48. The van der Waals surface area contributed by atoms with Crippen molar-refractivity contribution in [1.82, 2.24) is 0 Å². The molecule has 0 spiro atoms. The fourth-order valence-electron chi connectivity index (χ4n) is 0.166. The maximum absolute atomic E-state index is 3.90. The summed E-state index contributed by atoms with van der Waals surface area (Å²) in [7, 11) is 1.78. The van der Waals surface area contributed by atoms with E-state index in [-0.39, 0.29) is 0 Å². The Hall–Kier alpha value is 0.140. The highest BCUT2D eigenvalue weighted by atomic mass is 127. The van der Waals surface area contributed by atoms with Crippen molar-refractivity contribution in [1.29, 1.82) is 0 Å². The van der Waals surface area contributed by atoms with Gasteiger partial charge in [0.05, 0.1) is 0 Å². The lowest BCUT2D eigenvalue weighted by Gasteiger charge is -1.80. The molecule has 0 saturated heterocycles. The van der Waals surface area contributed by atoms with Gasteiger partial charge in [-0.05, 0) is 17.1 Å². The maximum atomic E-state index is 3.90. The molecular formula is C5H8IN. The first-order valence-corrected chi connectivity index (χ1v) is 3.26. The van der Waals surface area contributed by atoms with Gasteiger partial charge in [0, 0.05) is 12.8 Å². The van der Waals surface area contributed by atoms with Crippen molar-refractivity contribution in [2.45, 2.75) is 6.92 Å². The normalized spacial score (nSPS) is 13.3. The van der Waals surface area contributed by atoms with Gasteiger partial charge in [0.25, 0.3) is 0 Å². The molecule has 0 aromatic carbocycles. The van der Waals surface area contributed by atoms with Crippen LogP contribution in [0.4, 0.5) is 0 Å². The van der Waals surface area contributed by atoms with Crippen LogP contribution in [0.1, 0.15) is 6.92 Å². The van der Waals surface area contributed by atoms with Crippen molar-refractivity contribution in [2.24, 2.45) is 4.99 Å². The summed E-state index contributed by atoms with van der Waals surface area (Å²) in [5, 5.41) is 0. The van der Waals surface area contributed by atoms with Crippen LogP contribution in [0.25, 0.3) is 0 Å². The molecule has 0 rings (SSSR count). The molecule has 0 fully saturated rings. The lowest BCUT2D eigenvalue weighted by Crippen LogP contribution is -1.79. The van der Waals surface area contributed by atoms with Crippen LogP contribution in [0.5, 0.6) is 0 Å². The minimum Gasteiger partial charge on any atom is -0.293 e. The Morgan fingerprint density at radius 3 is 2.43 bits per heavy atom. The SMILES string of the molecule is CN=C(C)/C=C\I. The quantitative estimate of drug-likeness (QED) is 0.462. The minimum absolute atomic E-state index is 1.06. The number of rotatable bonds is 1.